The smallest absolute Gasteiger partial charge is 0.407 e. The molecule has 1 aliphatic heterocycles. The van der Waals surface area contributed by atoms with E-state index in [1.807, 2.05) is 20.8 Å². The lowest BCUT2D eigenvalue weighted by molar-refractivity contribution is -0.119. The average Bonchev–Trinajstić information content (AvgIpc) is 3.37. The fraction of sp³-hybridized carbons (Fsp3) is 0.609. The molecule has 10 heteroatoms. The maximum atomic E-state index is 12.6. The second-order valence-electron chi connectivity index (χ2n) is 9.16. The van der Waals surface area contributed by atoms with Crippen LogP contribution in [0.5, 0.6) is 0 Å². The number of benzene rings is 1. The molecule has 33 heavy (non-hydrogen) atoms. The summed E-state index contributed by atoms with van der Waals surface area (Å²) in [5.41, 5.74) is 4.39. The lowest BCUT2D eigenvalue weighted by atomic mass is 9.96. The summed E-state index contributed by atoms with van der Waals surface area (Å²) in [4.78, 5) is 24.7. The van der Waals surface area contributed by atoms with Gasteiger partial charge in [0.25, 0.3) is 0 Å². The quantitative estimate of drug-likeness (QED) is 0.553. The molecule has 0 saturated heterocycles. The lowest BCUT2D eigenvalue weighted by Crippen LogP contribution is -2.35. The molecule has 9 nitrogen and oxygen atoms in total. The molecule has 0 radical (unpaired) electrons. The summed E-state index contributed by atoms with van der Waals surface area (Å²) in [6, 6.07) is 5.21. The van der Waals surface area contributed by atoms with E-state index in [1.165, 1.54) is 0 Å². The molecule has 182 valence electrons. The van der Waals surface area contributed by atoms with Crippen LogP contribution in [0.3, 0.4) is 0 Å². The summed E-state index contributed by atoms with van der Waals surface area (Å²) < 4.78 is 29.7. The second kappa shape index (κ2) is 10.5. The van der Waals surface area contributed by atoms with Crippen LogP contribution in [0.2, 0.25) is 0 Å². The van der Waals surface area contributed by atoms with E-state index in [0.717, 1.165) is 37.5 Å². The third-order valence-electron chi connectivity index (χ3n) is 6.28. The first kappa shape index (κ1) is 25.0. The summed E-state index contributed by atoms with van der Waals surface area (Å²) >= 11 is 0. The summed E-state index contributed by atoms with van der Waals surface area (Å²) in [5.74, 6) is 0.523. The number of nitrogens with one attached hydrogen (secondary N) is 3. The Hall–Kier alpha value is -2.62. The number of carbonyl (C=O) groups is 2. The molecule has 0 aromatic heterocycles. The van der Waals surface area contributed by atoms with Crippen LogP contribution in [0, 0.1) is 12.8 Å². The van der Waals surface area contributed by atoms with Gasteiger partial charge in [-0.1, -0.05) is 19.1 Å². The van der Waals surface area contributed by atoms with Crippen LogP contribution in [0.25, 0.3) is 0 Å². The minimum atomic E-state index is -3.43. The number of carbonyl (C=O) groups excluding carboxylic acids is 2. The van der Waals surface area contributed by atoms with Crippen molar-refractivity contribution in [1.82, 2.24) is 16.1 Å². The van der Waals surface area contributed by atoms with Crippen molar-refractivity contribution in [3.8, 4) is 0 Å². The number of sulfone groups is 1. The van der Waals surface area contributed by atoms with Crippen LogP contribution in [0.15, 0.2) is 28.2 Å². The Morgan fingerprint density at radius 1 is 1.30 bits per heavy atom. The van der Waals surface area contributed by atoms with Crippen LogP contribution in [-0.2, 0) is 25.8 Å². The van der Waals surface area contributed by atoms with Gasteiger partial charge in [-0.3, -0.25) is 4.79 Å². The van der Waals surface area contributed by atoms with E-state index in [-0.39, 0.29) is 41.5 Å². The number of alkyl carbamates (subject to hydrolysis) is 1. The molecule has 1 aliphatic carbocycles. The minimum absolute atomic E-state index is 0.0446. The molecule has 2 amide bonds. The molecular formula is C23H34N4O5S. The number of nitrogens with zero attached hydrogens (tertiary/aromatic N) is 1. The van der Waals surface area contributed by atoms with E-state index in [4.69, 9.17) is 4.74 Å². The first-order chi connectivity index (χ1) is 15.5. The number of amides is 2. The third-order valence-corrected chi connectivity index (χ3v) is 7.46. The topological polar surface area (TPSA) is 126 Å². The van der Waals surface area contributed by atoms with Crippen molar-refractivity contribution >= 4 is 27.7 Å². The largest absolute Gasteiger partial charge is 0.446 e. The highest BCUT2D eigenvalue weighted by atomic mass is 32.2. The number of aryl methyl sites for hydroxylation is 1. The van der Waals surface area contributed by atoms with Gasteiger partial charge in [-0.15, -0.1) is 0 Å². The summed E-state index contributed by atoms with van der Waals surface area (Å²) in [5, 5.41) is 9.89. The zero-order valence-electron chi connectivity index (χ0n) is 19.7. The number of hydrogen-bond donors (Lipinski definition) is 3. The van der Waals surface area contributed by atoms with E-state index in [1.54, 1.807) is 18.2 Å². The highest BCUT2D eigenvalue weighted by Crippen LogP contribution is 2.33. The number of rotatable bonds is 7. The molecule has 1 heterocycles. The van der Waals surface area contributed by atoms with Gasteiger partial charge in [0.15, 0.2) is 9.84 Å². The van der Waals surface area contributed by atoms with Crippen molar-refractivity contribution < 1.29 is 22.7 Å². The summed E-state index contributed by atoms with van der Waals surface area (Å²) in [7, 11) is -3.43. The molecule has 0 bridgehead atoms. The number of ether oxygens (including phenoxy) is 1. The van der Waals surface area contributed by atoms with Crippen molar-refractivity contribution in [2.24, 2.45) is 11.0 Å². The number of amidine groups is 1. The normalized spacial score (nSPS) is 23.4. The Kier molecular flexibility index (Phi) is 7.99. The first-order valence-corrected chi connectivity index (χ1v) is 13.3. The van der Waals surface area contributed by atoms with E-state index in [2.05, 4.69) is 21.2 Å². The van der Waals surface area contributed by atoms with Crippen molar-refractivity contribution in [2.75, 3.05) is 6.26 Å². The van der Waals surface area contributed by atoms with Gasteiger partial charge >= 0.3 is 6.09 Å². The molecule has 3 rings (SSSR count). The van der Waals surface area contributed by atoms with Gasteiger partial charge in [0.1, 0.15) is 11.9 Å². The van der Waals surface area contributed by atoms with Gasteiger partial charge in [-0.2, -0.15) is 5.10 Å². The number of hydrogen-bond acceptors (Lipinski definition) is 7. The second-order valence-corrected chi connectivity index (χ2v) is 11.1. The molecule has 3 N–H and O–H groups in total. The predicted octanol–water partition coefficient (Wildman–Crippen LogP) is 2.43. The summed E-state index contributed by atoms with van der Waals surface area (Å²) in [6.07, 6.45) is 4.50. The van der Waals surface area contributed by atoms with Gasteiger partial charge in [-0.05, 0) is 62.6 Å². The first-order valence-electron chi connectivity index (χ1n) is 11.4. The van der Waals surface area contributed by atoms with Crippen LogP contribution in [0.4, 0.5) is 4.79 Å². The molecule has 1 aromatic carbocycles. The van der Waals surface area contributed by atoms with Crippen LogP contribution < -0.4 is 16.1 Å². The zero-order chi connectivity index (χ0) is 24.2. The summed E-state index contributed by atoms with van der Waals surface area (Å²) in [6.45, 7) is 5.76. The minimum Gasteiger partial charge on any atom is -0.446 e. The Morgan fingerprint density at radius 2 is 2.06 bits per heavy atom. The van der Waals surface area contributed by atoms with Gasteiger partial charge in [0.2, 0.25) is 5.91 Å². The molecule has 1 unspecified atom stereocenters. The molecule has 4 atom stereocenters. The molecule has 1 aromatic rings. The Labute approximate surface area is 195 Å². The highest BCUT2D eigenvalue weighted by Gasteiger charge is 2.36. The maximum Gasteiger partial charge on any atom is 0.407 e. The third kappa shape index (κ3) is 6.93. The standard InChI is InChI=1S/C23H34N4O5S/c1-5-15(3)24-23(29)32-18-9-8-16(11-18)19-13-21(27-26-19)25-22(28)12-17-7-6-14(2)10-20(17)33(4,30)31/h6-7,10,15-16,18-19,26H,5,8-9,11-13H2,1-4H3,(H,24,29)(H,25,27,28)/t15-,16-,18+,19?/m0/s1. The van der Waals surface area contributed by atoms with Crippen molar-refractivity contribution in [3.05, 3.63) is 29.3 Å². The monoisotopic (exact) mass is 478 g/mol. The van der Waals surface area contributed by atoms with Gasteiger partial charge < -0.3 is 20.8 Å². The Balaban J connectivity index is 1.48. The maximum absolute atomic E-state index is 12.6. The van der Waals surface area contributed by atoms with Crippen LogP contribution in [0.1, 0.15) is 57.1 Å². The highest BCUT2D eigenvalue weighted by molar-refractivity contribution is 7.90. The molecular weight excluding hydrogens is 444 g/mol. The molecule has 0 spiro atoms. The van der Waals surface area contributed by atoms with Crippen molar-refractivity contribution in [2.45, 2.75) is 82.4 Å². The van der Waals surface area contributed by atoms with E-state index in [9.17, 15) is 18.0 Å². The number of hydrazone groups is 1. The van der Waals surface area contributed by atoms with Crippen molar-refractivity contribution in [1.29, 1.82) is 0 Å². The van der Waals surface area contributed by atoms with Gasteiger partial charge in [0.05, 0.1) is 17.4 Å². The fourth-order valence-electron chi connectivity index (χ4n) is 4.28. The van der Waals surface area contributed by atoms with E-state index in [0.29, 0.717) is 23.7 Å². The molecule has 1 fully saturated rings. The van der Waals surface area contributed by atoms with Crippen molar-refractivity contribution in [3.63, 3.8) is 0 Å². The predicted molar refractivity (Wildman–Crippen MR) is 126 cm³/mol. The van der Waals surface area contributed by atoms with Gasteiger partial charge in [-0.25, -0.2) is 13.2 Å². The molecule has 1 saturated carbocycles. The molecule has 2 aliphatic rings. The van der Waals surface area contributed by atoms with Crippen LogP contribution >= 0.6 is 0 Å². The van der Waals surface area contributed by atoms with Crippen LogP contribution in [-0.4, -0.2) is 50.7 Å². The fourth-order valence-corrected chi connectivity index (χ4v) is 5.29. The Morgan fingerprint density at radius 3 is 2.76 bits per heavy atom. The Bertz CT molecular complexity index is 1020. The SMILES string of the molecule is CC[C@H](C)NC(=O)O[C@@H]1CC[C@H](C2CC(NC(=O)Cc3ccc(C)cc3S(C)(=O)=O)=NN2)C1. The lowest BCUT2D eigenvalue weighted by Gasteiger charge is -2.19. The van der Waals surface area contributed by atoms with Gasteiger partial charge in [0, 0.05) is 18.7 Å². The van der Waals surface area contributed by atoms with E-state index >= 15 is 0 Å². The van der Waals surface area contributed by atoms with E-state index < -0.39 is 9.84 Å². The average molecular weight is 479 g/mol. The zero-order valence-corrected chi connectivity index (χ0v) is 20.5.